The van der Waals surface area contributed by atoms with E-state index >= 15 is 0 Å². The van der Waals surface area contributed by atoms with Gasteiger partial charge in [-0.2, -0.15) is 0 Å². The first kappa shape index (κ1) is 16.4. The molecule has 1 aromatic heterocycles. The molecule has 0 spiro atoms. The van der Waals surface area contributed by atoms with E-state index in [9.17, 15) is 9.59 Å². The van der Waals surface area contributed by atoms with Crippen molar-refractivity contribution in [1.29, 1.82) is 0 Å². The second-order valence-electron chi connectivity index (χ2n) is 6.40. The molecule has 128 valence electrons. The summed E-state index contributed by atoms with van der Waals surface area (Å²) in [7, 11) is 1.40. The number of nitrogens with one attached hydrogen (secondary N) is 1. The molecule has 1 saturated heterocycles. The van der Waals surface area contributed by atoms with Crippen LogP contribution in [0.3, 0.4) is 0 Å². The van der Waals surface area contributed by atoms with Gasteiger partial charge in [0.25, 0.3) is 0 Å². The zero-order chi connectivity index (χ0) is 17.3. The Morgan fingerprint density at radius 3 is 2.88 bits per heavy atom. The van der Waals surface area contributed by atoms with Crippen LogP contribution in [0.2, 0.25) is 0 Å². The van der Waals surface area contributed by atoms with Gasteiger partial charge < -0.3 is 19.4 Å². The Morgan fingerprint density at radius 1 is 1.38 bits per heavy atom. The van der Waals surface area contributed by atoms with Crippen LogP contribution in [0, 0.1) is 18.8 Å². The number of likely N-dealkylation sites (tertiary alicyclic amines) is 1. The number of ether oxygens (including phenoxy) is 1. The van der Waals surface area contributed by atoms with Crippen LogP contribution >= 0.6 is 0 Å². The highest BCUT2D eigenvalue weighted by molar-refractivity contribution is 5.93. The Bertz CT molecular complexity index is 767. The fourth-order valence-corrected chi connectivity index (χ4v) is 3.27. The molecule has 1 aliphatic heterocycles. The van der Waals surface area contributed by atoms with Gasteiger partial charge in [0.2, 0.25) is 0 Å². The molecule has 2 amide bonds. The summed E-state index contributed by atoms with van der Waals surface area (Å²) in [5.41, 5.74) is 2.58. The van der Waals surface area contributed by atoms with Crippen molar-refractivity contribution < 1.29 is 18.7 Å². The third-order valence-corrected chi connectivity index (χ3v) is 4.71. The molecule has 0 radical (unpaired) electrons. The Labute approximate surface area is 140 Å². The summed E-state index contributed by atoms with van der Waals surface area (Å²) in [5, 5.41) is 3.92. The van der Waals surface area contributed by atoms with Crippen molar-refractivity contribution in [3.8, 4) is 0 Å². The van der Waals surface area contributed by atoms with Gasteiger partial charge in [-0.25, -0.2) is 4.79 Å². The van der Waals surface area contributed by atoms with Crippen LogP contribution < -0.4 is 5.32 Å². The zero-order valence-corrected chi connectivity index (χ0v) is 14.2. The summed E-state index contributed by atoms with van der Waals surface area (Å²) < 4.78 is 10.2. The number of fused-ring (bicyclic) bond motifs is 1. The normalized spacial score (nSPS) is 20.9. The number of furan rings is 1. The minimum Gasteiger partial charge on any atom is -0.469 e. The van der Waals surface area contributed by atoms with E-state index in [2.05, 4.69) is 5.32 Å². The van der Waals surface area contributed by atoms with E-state index in [-0.39, 0.29) is 23.8 Å². The van der Waals surface area contributed by atoms with Crippen LogP contribution in [0.4, 0.5) is 10.5 Å². The van der Waals surface area contributed by atoms with Crippen LogP contribution in [-0.4, -0.2) is 37.1 Å². The van der Waals surface area contributed by atoms with Crippen LogP contribution in [0.25, 0.3) is 11.0 Å². The standard InChI is InChI=1S/C18H22N2O4/c1-11-9-20(7-6-14(11)17(21)23-3)18(22)19-13-4-5-16-15(8-13)12(2)10-24-16/h4-5,8,10-11,14H,6-7,9H2,1-3H3,(H,19,22)/t11-,14-/m1/s1. The van der Waals surface area contributed by atoms with Crippen LogP contribution in [0.5, 0.6) is 0 Å². The van der Waals surface area contributed by atoms with Crippen LogP contribution in [0.1, 0.15) is 18.9 Å². The summed E-state index contributed by atoms with van der Waals surface area (Å²) in [6, 6.07) is 5.44. The highest BCUT2D eigenvalue weighted by Crippen LogP contribution is 2.26. The van der Waals surface area contributed by atoms with Gasteiger partial charge in [-0.05, 0) is 43.0 Å². The average Bonchev–Trinajstić information content (AvgIpc) is 2.95. The number of amides is 2. The molecule has 0 saturated carbocycles. The van der Waals surface area contributed by atoms with Gasteiger partial charge in [0, 0.05) is 24.2 Å². The lowest BCUT2D eigenvalue weighted by molar-refractivity contribution is -0.148. The number of hydrogen-bond donors (Lipinski definition) is 1. The highest BCUT2D eigenvalue weighted by Gasteiger charge is 2.33. The molecule has 1 aliphatic rings. The van der Waals surface area contributed by atoms with Crippen molar-refractivity contribution in [3.05, 3.63) is 30.0 Å². The molecule has 0 bridgehead atoms. The number of urea groups is 1. The van der Waals surface area contributed by atoms with Gasteiger partial charge >= 0.3 is 12.0 Å². The largest absolute Gasteiger partial charge is 0.469 e. The molecule has 6 nitrogen and oxygen atoms in total. The lowest BCUT2D eigenvalue weighted by Crippen LogP contribution is -2.46. The summed E-state index contributed by atoms with van der Waals surface area (Å²) in [6.45, 7) is 5.03. The lowest BCUT2D eigenvalue weighted by atomic mass is 9.87. The van der Waals surface area contributed by atoms with Gasteiger partial charge in [-0.15, -0.1) is 0 Å². The van der Waals surface area contributed by atoms with Crippen LogP contribution in [0.15, 0.2) is 28.9 Å². The van der Waals surface area contributed by atoms with Crippen LogP contribution in [-0.2, 0) is 9.53 Å². The number of rotatable bonds is 2. The summed E-state index contributed by atoms with van der Waals surface area (Å²) in [5.74, 6) is -0.247. The van der Waals surface area contributed by atoms with Crippen molar-refractivity contribution in [2.75, 3.05) is 25.5 Å². The van der Waals surface area contributed by atoms with E-state index in [1.165, 1.54) is 7.11 Å². The molecular weight excluding hydrogens is 308 g/mol. The minimum atomic E-state index is -0.191. The summed E-state index contributed by atoms with van der Waals surface area (Å²) in [6.07, 6.45) is 2.33. The number of piperidine rings is 1. The van der Waals surface area contributed by atoms with E-state index in [4.69, 9.17) is 9.15 Å². The zero-order valence-electron chi connectivity index (χ0n) is 14.2. The fourth-order valence-electron chi connectivity index (χ4n) is 3.27. The Kier molecular flexibility index (Phi) is 4.46. The smallest absolute Gasteiger partial charge is 0.321 e. The maximum absolute atomic E-state index is 12.5. The lowest BCUT2D eigenvalue weighted by Gasteiger charge is -2.35. The predicted molar refractivity (Wildman–Crippen MR) is 90.8 cm³/mol. The van der Waals surface area contributed by atoms with Gasteiger partial charge in [-0.3, -0.25) is 4.79 Å². The van der Waals surface area contributed by atoms with Gasteiger partial charge in [0.1, 0.15) is 5.58 Å². The van der Waals surface area contributed by atoms with Crippen molar-refractivity contribution in [2.24, 2.45) is 11.8 Å². The first-order chi connectivity index (χ1) is 11.5. The molecule has 1 fully saturated rings. The fraction of sp³-hybridized carbons (Fsp3) is 0.444. The number of esters is 1. The Morgan fingerprint density at radius 2 is 2.17 bits per heavy atom. The molecule has 3 rings (SSSR count). The minimum absolute atomic E-state index is 0.0792. The first-order valence-corrected chi connectivity index (χ1v) is 8.11. The number of methoxy groups -OCH3 is 1. The summed E-state index contributed by atoms with van der Waals surface area (Å²) >= 11 is 0. The molecule has 6 heteroatoms. The number of hydrogen-bond acceptors (Lipinski definition) is 4. The molecule has 24 heavy (non-hydrogen) atoms. The van der Waals surface area contributed by atoms with Crippen molar-refractivity contribution in [3.63, 3.8) is 0 Å². The van der Waals surface area contributed by atoms with Gasteiger partial charge in [0.05, 0.1) is 19.3 Å². The molecule has 1 aromatic carbocycles. The number of carbonyl (C=O) groups excluding carboxylic acids is 2. The number of nitrogens with zero attached hydrogens (tertiary/aromatic N) is 1. The molecular formula is C18H22N2O4. The maximum Gasteiger partial charge on any atom is 0.321 e. The van der Waals surface area contributed by atoms with E-state index in [1.54, 1.807) is 11.2 Å². The SMILES string of the molecule is COC(=O)[C@@H]1CCN(C(=O)Nc2ccc3occ(C)c3c2)C[C@H]1C. The number of benzene rings is 1. The van der Waals surface area contributed by atoms with Crippen molar-refractivity contribution >= 4 is 28.7 Å². The number of carbonyl (C=O) groups is 2. The first-order valence-electron chi connectivity index (χ1n) is 8.11. The Hall–Kier alpha value is -2.50. The monoisotopic (exact) mass is 330 g/mol. The second kappa shape index (κ2) is 6.55. The quantitative estimate of drug-likeness (QED) is 0.857. The van der Waals surface area contributed by atoms with Gasteiger partial charge in [0.15, 0.2) is 0 Å². The molecule has 1 N–H and O–H groups in total. The third-order valence-electron chi connectivity index (χ3n) is 4.71. The molecule has 0 unspecified atom stereocenters. The molecule has 2 heterocycles. The van der Waals surface area contributed by atoms with Crippen molar-refractivity contribution in [2.45, 2.75) is 20.3 Å². The predicted octanol–water partition coefficient (Wildman–Crippen LogP) is 3.40. The molecule has 2 aromatic rings. The van der Waals surface area contributed by atoms with E-state index in [0.29, 0.717) is 19.5 Å². The molecule has 0 aliphatic carbocycles. The maximum atomic E-state index is 12.5. The Balaban J connectivity index is 1.66. The second-order valence-corrected chi connectivity index (χ2v) is 6.40. The van der Waals surface area contributed by atoms with Crippen molar-refractivity contribution in [1.82, 2.24) is 4.90 Å². The highest BCUT2D eigenvalue weighted by atomic mass is 16.5. The number of anilines is 1. The summed E-state index contributed by atoms with van der Waals surface area (Å²) in [4.78, 5) is 26.0. The average molecular weight is 330 g/mol. The number of aryl methyl sites for hydroxylation is 1. The van der Waals surface area contributed by atoms with Gasteiger partial charge in [-0.1, -0.05) is 6.92 Å². The van der Waals surface area contributed by atoms with E-state index in [1.807, 2.05) is 32.0 Å². The molecule has 2 atom stereocenters. The third kappa shape index (κ3) is 3.09. The van der Waals surface area contributed by atoms with E-state index < -0.39 is 0 Å². The topological polar surface area (TPSA) is 71.8 Å². The van der Waals surface area contributed by atoms with E-state index in [0.717, 1.165) is 22.2 Å².